The van der Waals surface area contributed by atoms with E-state index in [1.165, 1.54) is 36.0 Å². The number of thioether (sulfide) groups is 1. The molecule has 4 rings (SSSR count). The van der Waals surface area contributed by atoms with Crippen LogP contribution in [0.2, 0.25) is 0 Å². The van der Waals surface area contributed by atoms with Gasteiger partial charge >= 0.3 is 5.97 Å². The Bertz CT molecular complexity index is 1690. The smallest absolute Gasteiger partial charge is 0.338 e. The monoisotopic (exact) mass is 639 g/mol. The average molecular weight is 640 g/mol. The molecule has 0 aromatic heterocycles. The van der Waals surface area contributed by atoms with Crippen molar-refractivity contribution in [2.45, 2.75) is 36.8 Å². The van der Waals surface area contributed by atoms with Crippen LogP contribution < -0.4 is 16.0 Å². The van der Waals surface area contributed by atoms with Crippen molar-refractivity contribution in [3.05, 3.63) is 131 Å². The quantitative estimate of drug-likeness (QED) is 0.0612. The third-order valence-electron chi connectivity index (χ3n) is 6.65. The fraction of sp³-hybridized carbons (Fsp3) is 0.167. The Balaban J connectivity index is 1.36. The first-order valence-electron chi connectivity index (χ1n) is 14.7. The van der Waals surface area contributed by atoms with E-state index in [0.717, 1.165) is 17.7 Å². The molecule has 0 heterocycles. The summed E-state index contributed by atoms with van der Waals surface area (Å²) in [6, 6.07) is 27.7. The molecule has 8 nitrogen and oxygen atoms in total. The second-order valence-corrected chi connectivity index (χ2v) is 11.6. The molecular formula is C36H34FN3O5S. The molecule has 4 aromatic carbocycles. The Hall–Kier alpha value is -5.22. The second kappa shape index (κ2) is 16.7. The first kappa shape index (κ1) is 33.7. The van der Waals surface area contributed by atoms with Crippen LogP contribution in [0.4, 0.5) is 15.8 Å². The number of anilines is 2. The third kappa shape index (κ3) is 9.90. The van der Waals surface area contributed by atoms with E-state index < -0.39 is 28.9 Å². The molecule has 0 aliphatic heterocycles. The maximum atomic E-state index is 14.4. The summed E-state index contributed by atoms with van der Waals surface area (Å²) in [7, 11) is 0. The molecule has 1 unspecified atom stereocenters. The lowest BCUT2D eigenvalue weighted by Gasteiger charge is -2.14. The highest BCUT2D eigenvalue weighted by atomic mass is 32.2. The number of nitrogens with one attached hydrogen (secondary N) is 3. The third-order valence-corrected chi connectivity index (χ3v) is 7.76. The van der Waals surface area contributed by atoms with Gasteiger partial charge in [-0.1, -0.05) is 49.7 Å². The summed E-state index contributed by atoms with van der Waals surface area (Å²) in [4.78, 5) is 51.7. The number of carbonyl (C=O) groups is 4. The van der Waals surface area contributed by atoms with Gasteiger partial charge in [-0.05, 0) is 86.2 Å². The van der Waals surface area contributed by atoms with E-state index in [-0.39, 0.29) is 17.2 Å². The summed E-state index contributed by atoms with van der Waals surface area (Å²) >= 11 is 1.32. The van der Waals surface area contributed by atoms with Gasteiger partial charge in [0.05, 0.1) is 17.4 Å². The lowest BCUT2D eigenvalue weighted by molar-refractivity contribution is -0.115. The van der Waals surface area contributed by atoms with Crippen LogP contribution in [-0.4, -0.2) is 35.5 Å². The first-order valence-corrected chi connectivity index (χ1v) is 15.6. The summed E-state index contributed by atoms with van der Waals surface area (Å²) in [5.41, 5.74) is 1.75. The van der Waals surface area contributed by atoms with Gasteiger partial charge in [0.2, 0.25) is 5.91 Å². The van der Waals surface area contributed by atoms with E-state index in [2.05, 4.69) is 16.0 Å². The molecule has 0 bridgehead atoms. The highest BCUT2D eigenvalue weighted by Crippen LogP contribution is 2.26. The second-order valence-electron chi connectivity index (χ2n) is 10.2. The zero-order valence-corrected chi connectivity index (χ0v) is 26.2. The minimum atomic E-state index is -0.638. The summed E-state index contributed by atoms with van der Waals surface area (Å²) in [5, 5.41) is 7.71. The molecule has 236 valence electrons. The van der Waals surface area contributed by atoms with Gasteiger partial charge in [-0.15, -0.1) is 11.8 Å². The zero-order valence-electron chi connectivity index (χ0n) is 25.4. The molecule has 0 fully saturated rings. The van der Waals surface area contributed by atoms with Crippen molar-refractivity contribution in [3.8, 4) is 0 Å². The predicted molar refractivity (Wildman–Crippen MR) is 179 cm³/mol. The molecular weight excluding hydrogens is 605 g/mol. The topological polar surface area (TPSA) is 114 Å². The number of halogens is 1. The van der Waals surface area contributed by atoms with Crippen molar-refractivity contribution in [1.82, 2.24) is 5.32 Å². The van der Waals surface area contributed by atoms with Crippen molar-refractivity contribution in [2.75, 3.05) is 17.2 Å². The predicted octanol–water partition coefficient (Wildman–Crippen LogP) is 7.31. The molecule has 0 radical (unpaired) electrons. The molecule has 3 N–H and O–H groups in total. The molecule has 0 saturated heterocycles. The normalized spacial score (nSPS) is 11.7. The van der Waals surface area contributed by atoms with Gasteiger partial charge in [-0.2, -0.15) is 0 Å². The van der Waals surface area contributed by atoms with E-state index in [0.29, 0.717) is 29.1 Å². The number of hydrogen-bond donors (Lipinski definition) is 3. The molecule has 0 aliphatic carbocycles. The largest absolute Gasteiger partial charge is 0.462 e. The van der Waals surface area contributed by atoms with E-state index in [4.69, 9.17) is 4.74 Å². The van der Waals surface area contributed by atoms with E-state index in [9.17, 15) is 23.6 Å². The SMILES string of the molecule is CCCCOC(=O)c1ccc(NC(=O)C(C)Sc2ccc(NC(=O)/C(=C/c3ccccc3F)NC(=O)c3ccccc3)cc2)cc1. The molecule has 46 heavy (non-hydrogen) atoms. The van der Waals surface area contributed by atoms with Gasteiger partial charge in [0, 0.05) is 27.4 Å². The highest BCUT2D eigenvalue weighted by molar-refractivity contribution is 8.00. The molecule has 10 heteroatoms. The fourth-order valence-corrected chi connectivity index (χ4v) is 4.96. The van der Waals surface area contributed by atoms with Crippen LogP contribution in [0, 0.1) is 5.82 Å². The molecule has 3 amide bonds. The number of unbranched alkanes of at least 4 members (excludes halogenated alkanes) is 1. The van der Waals surface area contributed by atoms with E-state index in [1.54, 1.807) is 91.9 Å². The van der Waals surface area contributed by atoms with Crippen molar-refractivity contribution < 1.29 is 28.3 Å². The van der Waals surface area contributed by atoms with Crippen LogP contribution in [0.15, 0.2) is 114 Å². The number of hydrogen-bond acceptors (Lipinski definition) is 6. The van der Waals surface area contributed by atoms with Gasteiger partial charge < -0.3 is 20.7 Å². The average Bonchev–Trinajstić information content (AvgIpc) is 3.07. The summed E-state index contributed by atoms with van der Waals surface area (Å²) in [5.74, 6) is -2.32. The van der Waals surface area contributed by atoms with Gasteiger partial charge in [0.15, 0.2) is 0 Å². The zero-order chi connectivity index (χ0) is 32.9. The molecule has 0 spiro atoms. The molecule has 4 aromatic rings. The Labute approximate surface area is 271 Å². The van der Waals surface area contributed by atoms with Crippen LogP contribution in [0.3, 0.4) is 0 Å². The van der Waals surface area contributed by atoms with Gasteiger partial charge in [0.1, 0.15) is 11.5 Å². The minimum absolute atomic E-state index is 0.135. The van der Waals surface area contributed by atoms with Gasteiger partial charge in [0.25, 0.3) is 11.8 Å². The number of amides is 3. The Kier molecular flexibility index (Phi) is 12.3. The van der Waals surface area contributed by atoms with Crippen molar-refractivity contribution in [2.24, 2.45) is 0 Å². The van der Waals surface area contributed by atoms with Crippen LogP contribution in [0.1, 0.15) is 53.0 Å². The lowest BCUT2D eigenvalue weighted by Crippen LogP contribution is -2.30. The van der Waals surface area contributed by atoms with Crippen LogP contribution in [0.25, 0.3) is 6.08 Å². The summed E-state index contributed by atoms with van der Waals surface area (Å²) in [6.07, 6.45) is 3.02. The minimum Gasteiger partial charge on any atom is -0.462 e. The standard InChI is InChI=1S/C36H34FN3O5S/c1-3-4-22-45-36(44)26-14-16-28(17-15-26)38-33(41)24(2)46-30-20-18-29(19-21-30)39-35(43)32(23-27-12-8-9-13-31(27)37)40-34(42)25-10-6-5-7-11-25/h5-21,23-24H,3-4,22H2,1-2H3,(H,38,41)(H,39,43)(H,40,42)/b32-23-. The van der Waals surface area contributed by atoms with Crippen molar-refractivity contribution in [1.29, 1.82) is 0 Å². The fourth-order valence-electron chi connectivity index (χ4n) is 4.09. The highest BCUT2D eigenvalue weighted by Gasteiger charge is 2.18. The number of benzene rings is 4. The summed E-state index contributed by atoms with van der Waals surface area (Å²) in [6.45, 7) is 4.16. The molecule has 1 atom stereocenters. The molecule has 0 saturated carbocycles. The van der Waals surface area contributed by atoms with Crippen LogP contribution in [-0.2, 0) is 14.3 Å². The maximum absolute atomic E-state index is 14.4. The van der Waals surface area contributed by atoms with Crippen molar-refractivity contribution in [3.63, 3.8) is 0 Å². The lowest BCUT2D eigenvalue weighted by atomic mass is 10.1. The number of ether oxygens (including phenoxy) is 1. The Morgan fingerprint density at radius 1 is 0.804 bits per heavy atom. The maximum Gasteiger partial charge on any atom is 0.338 e. The van der Waals surface area contributed by atoms with E-state index >= 15 is 0 Å². The number of rotatable bonds is 13. The number of carbonyl (C=O) groups excluding carboxylic acids is 4. The Morgan fingerprint density at radius 2 is 1.43 bits per heavy atom. The van der Waals surface area contributed by atoms with Crippen molar-refractivity contribution >= 4 is 52.9 Å². The van der Waals surface area contributed by atoms with Crippen LogP contribution >= 0.6 is 11.8 Å². The van der Waals surface area contributed by atoms with Crippen LogP contribution in [0.5, 0.6) is 0 Å². The van der Waals surface area contributed by atoms with E-state index in [1.807, 2.05) is 6.92 Å². The Morgan fingerprint density at radius 3 is 2.11 bits per heavy atom. The summed E-state index contributed by atoms with van der Waals surface area (Å²) < 4.78 is 19.6. The van der Waals surface area contributed by atoms with Gasteiger partial charge in [-0.25, -0.2) is 9.18 Å². The van der Waals surface area contributed by atoms with Gasteiger partial charge in [-0.3, -0.25) is 14.4 Å². The number of esters is 1. The molecule has 0 aliphatic rings. The first-order chi connectivity index (χ1) is 22.2.